The molecule has 120 valence electrons. The number of hydrogen-bond donors (Lipinski definition) is 1. The maximum Gasteiger partial charge on any atom is 0.161 e. The van der Waals surface area contributed by atoms with Crippen molar-refractivity contribution in [1.29, 1.82) is 0 Å². The predicted octanol–water partition coefficient (Wildman–Crippen LogP) is 2.66. The Balaban J connectivity index is 0.00000110. The minimum atomic E-state index is 0. The molecule has 1 saturated heterocycles. The molecule has 0 unspecified atom stereocenters. The summed E-state index contributed by atoms with van der Waals surface area (Å²) in [6.07, 6.45) is 1.12. The first kappa shape index (κ1) is 18.4. The first-order valence-electron chi connectivity index (χ1n) is 7.23. The monoisotopic (exact) mass is 334 g/mol. The van der Waals surface area contributed by atoms with Crippen LogP contribution in [0, 0.1) is 0 Å². The van der Waals surface area contributed by atoms with Crippen LogP contribution >= 0.6 is 24.8 Å². The van der Waals surface area contributed by atoms with Gasteiger partial charge in [-0.3, -0.25) is 4.90 Å². The number of nitrogens with one attached hydrogen (secondary N) is 1. The zero-order valence-electron chi connectivity index (χ0n) is 12.3. The van der Waals surface area contributed by atoms with Gasteiger partial charge in [-0.15, -0.1) is 24.8 Å². The lowest BCUT2D eigenvalue weighted by atomic mass is 10.0. The molecular weight excluding hydrogens is 311 g/mol. The first-order chi connectivity index (χ1) is 9.38. The number of hydrogen-bond acceptors (Lipinski definition) is 4. The molecule has 0 spiro atoms. The van der Waals surface area contributed by atoms with E-state index >= 15 is 0 Å². The van der Waals surface area contributed by atoms with E-state index < -0.39 is 0 Å². The maximum absolute atomic E-state index is 5.69. The average Bonchev–Trinajstić information content (AvgIpc) is 2.49. The Labute approximate surface area is 139 Å². The molecule has 0 radical (unpaired) electrons. The Morgan fingerprint density at radius 3 is 2.43 bits per heavy atom. The average molecular weight is 335 g/mol. The maximum atomic E-state index is 5.69. The van der Waals surface area contributed by atoms with Gasteiger partial charge in [0.25, 0.3) is 0 Å². The minimum absolute atomic E-state index is 0. The van der Waals surface area contributed by atoms with Gasteiger partial charge < -0.3 is 14.8 Å². The molecule has 21 heavy (non-hydrogen) atoms. The number of ether oxygens (including phenoxy) is 2. The molecule has 4 nitrogen and oxygen atoms in total. The van der Waals surface area contributed by atoms with E-state index in [0.717, 1.165) is 44.1 Å². The molecule has 2 aliphatic rings. The third kappa shape index (κ3) is 4.16. The highest BCUT2D eigenvalue weighted by atomic mass is 35.5. The van der Waals surface area contributed by atoms with E-state index in [2.05, 4.69) is 35.3 Å². The van der Waals surface area contributed by atoms with E-state index in [1.807, 2.05) is 0 Å². The Hall–Kier alpha value is -0.680. The van der Waals surface area contributed by atoms with Crippen LogP contribution in [0.5, 0.6) is 11.5 Å². The van der Waals surface area contributed by atoms with Crippen molar-refractivity contribution >= 4 is 24.8 Å². The highest BCUT2D eigenvalue weighted by Crippen LogP contribution is 2.35. The van der Waals surface area contributed by atoms with Gasteiger partial charge in [-0.25, -0.2) is 0 Å². The second-order valence-electron chi connectivity index (χ2n) is 5.11. The molecule has 1 aromatic carbocycles. The van der Waals surface area contributed by atoms with Crippen LogP contribution in [0.2, 0.25) is 0 Å². The van der Waals surface area contributed by atoms with E-state index in [0.29, 0.717) is 19.3 Å². The van der Waals surface area contributed by atoms with Crippen molar-refractivity contribution < 1.29 is 9.47 Å². The van der Waals surface area contributed by atoms with Gasteiger partial charge >= 0.3 is 0 Å². The SMILES string of the molecule is CC[C@H](c1ccc2c(c1)OCCO2)N1CCNCC1.Cl.Cl. The molecule has 1 N–H and O–H groups in total. The Bertz CT molecular complexity index is 440. The molecule has 1 atom stereocenters. The van der Waals surface area contributed by atoms with Crippen LogP contribution in [0.4, 0.5) is 0 Å². The van der Waals surface area contributed by atoms with Crippen molar-refractivity contribution in [2.24, 2.45) is 0 Å². The second-order valence-corrected chi connectivity index (χ2v) is 5.11. The van der Waals surface area contributed by atoms with E-state index in [1.165, 1.54) is 5.56 Å². The summed E-state index contributed by atoms with van der Waals surface area (Å²) in [6, 6.07) is 6.88. The van der Waals surface area contributed by atoms with Gasteiger partial charge in [0.15, 0.2) is 11.5 Å². The summed E-state index contributed by atoms with van der Waals surface area (Å²) in [5.74, 6) is 1.78. The number of fused-ring (bicyclic) bond motifs is 1. The molecule has 1 fully saturated rings. The summed E-state index contributed by atoms with van der Waals surface area (Å²) in [5, 5.41) is 3.41. The van der Waals surface area contributed by atoms with E-state index in [4.69, 9.17) is 9.47 Å². The van der Waals surface area contributed by atoms with Crippen molar-refractivity contribution in [1.82, 2.24) is 10.2 Å². The first-order valence-corrected chi connectivity index (χ1v) is 7.23. The van der Waals surface area contributed by atoms with Gasteiger partial charge in [0.2, 0.25) is 0 Å². The van der Waals surface area contributed by atoms with E-state index in [-0.39, 0.29) is 24.8 Å². The molecule has 2 heterocycles. The number of benzene rings is 1. The number of piperazine rings is 1. The topological polar surface area (TPSA) is 33.7 Å². The molecule has 0 saturated carbocycles. The van der Waals surface area contributed by atoms with E-state index in [1.54, 1.807) is 0 Å². The smallest absolute Gasteiger partial charge is 0.161 e. The minimum Gasteiger partial charge on any atom is -0.486 e. The third-order valence-corrected chi connectivity index (χ3v) is 3.93. The van der Waals surface area contributed by atoms with Crippen LogP contribution < -0.4 is 14.8 Å². The second kappa shape index (κ2) is 8.69. The molecule has 0 aromatic heterocycles. The van der Waals surface area contributed by atoms with Crippen molar-refractivity contribution in [3.63, 3.8) is 0 Å². The van der Waals surface area contributed by atoms with Crippen LogP contribution in [-0.2, 0) is 0 Å². The zero-order chi connectivity index (χ0) is 13.1. The van der Waals surface area contributed by atoms with Gasteiger partial charge in [0.05, 0.1) is 0 Å². The fourth-order valence-electron chi connectivity index (χ4n) is 2.97. The fraction of sp³-hybridized carbons (Fsp3) is 0.600. The fourth-order valence-corrected chi connectivity index (χ4v) is 2.97. The van der Waals surface area contributed by atoms with Crippen molar-refractivity contribution in [2.45, 2.75) is 19.4 Å². The number of halogens is 2. The quantitative estimate of drug-likeness (QED) is 0.921. The van der Waals surface area contributed by atoms with Crippen LogP contribution in [0.3, 0.4) is 0 Å². The third-order valence-electron chi connectivity index (χ3n) is 3.93. The van der Waals surface area contributed by atoms with Gasteiger partial charge in [0, 0.05) is 32.2 Å². The van der Waals surface area contributed by atoms with E-state index in [9.17, 15) is 0 Å². The lowest BCUT2D eigenvalue weighted by molar-refractivity contribution is 0.162. The van der Waals surface area contributed by atoms with Crippen LogP contribution in [0.1, 0.15) is 24.9 Å². The molecule has 2 aliphatic heterocycles. The van der Waals surface area contributed by atoms with Gasteiger partial charge in [-0.05, 0) is 24.1 Å². The predicted molar refractivity (Wildman–Crippen MR) is 89.4 cm³/mol. The molecule has 6 heteroatoms. The molecule has 0 amide bonds. The number of nitrogens with zero attached hydrogens (tertiary/aromatic N) is 1. The Morgan fingerprint density at radius 2 is 1.76 bits per heavy atom. The summed E-state index contributed by atoms with van der Waals surface area (Å²) in [7, 11) is 0. The summed E-state index contributed by atoms with van der Waals surface area (Å²) in [4.78, 5) is 2.56. The Morgan fingerprint density at radius 1 is 1.10 bits per heavy atom. The normalized spacial score (nSPS) is 19.1. The van der Waals surface area contributed by atoms with Crippen molar-refractivity contribution in [2.75, 3.05) is 39.4 Å². The largest absolute Gasteiger partial charge is 0.486 e. The van der Waals surface area contributed by atoms with Crippen LogP contribution in [-0.4, -0.2) is 44.3 Å². The summed E-state index contributed by atoms with van der Waals surface area (Å²) < 4.78 is 11.3. The van der Waals surface area contributed by atoms with Gasteiger partial charge in [-0.1, -0.05) is 13.0 Å². The lowest BCUT2D eigenvalue weighted by Crippen LogP contribution is -2.45. The van der Waals surface area contributed by atoms with Crippen molar-refractivity contribution in [3.05, 3.63) is 23.8 Å². The summed E-state index contributed by atoms with van der Waals surface area (Å²) in [6.45, 7) is 7.97. The molecular formula is C15H24Cl2N2O2. The molecule has 3 rings (SSSR count). The van der Waals surface area contributed by atoms with Crippen LogP contribution in [0.15, 0.2) is 18.2 Å². The summed E-state index contributed by atoms with van der Waals surface area (Å²) >= 11 is 0. The summed E-state index contributed by atoms with van der Waals surface area (Å²) in [5.41, 5.74) is 1.34. The highest BCUT2D eigenvalue weighted by molar-refractivity contribution is 5.85. The lowest BCUT2D eigenvalue weighted by Gasteiger charge is -2.35. The molecule has 0 bridgehead atoms. The van der Waals surface area contributed by atoms with Crippen molar-refractivity contribution in [3.8, 4) is 11.5 Å². The molecule has 1 aromatic rings. The van der Waals surface area contributed by atoms with Crippen LogP contribution in [0.25, 0.3) is 0 Å². The highest BCUT2D eigenvalue weighted by Gasteiger charge is 2.22. The van der Waals surface area contributed by atoms with Gasteiger partial charge in [0.1, 0.15) is 13.2 Å². The molecule has 0 aliphatic carbocycles. The number of rotatable bonds is 3. The Kier molecular flexibility index (Phi) is 7.60. The zero-order valence-corrected chi connectivity index (χ0v) is 14.0. The standard InChI is InChI=1S/C15H22N2O2.2ClH/c1-2-13(17-7-5-16-6-8-17)12-3-4-14-15(11-12)19-10-9-18-14;;/h3-4,11,13,16H,2,5-10H2,1H3;2*1H/t13-;;/m1../s1. The van der Waals surface area contributed by atoms with Gasteiger partial charge in [-0.2, -0.15) is 0 Å².